The predicted octanol–water partition coefficient (Wildman–Crippen LogP) is 4.39. The van der Waals surface area contributed by atoms with Crippen LogP contribution in [-0.2, 0) is 19.1 Å². The molecule has 0 unspecified atom stereocenters. The van der Waals surface area contributed by atoms with Crippen LogP contribution in [0.5, 0.6) is 0 Å². The molecule has 3 atom stereocenters. The van der Waals surface area contributed by atoms with Crippen molar-refractivity contribution in [1.29, 1.82) is 0 Å². The van der Waals surface area contributed by atoms with Crippen LogP contribution >= 0.6 is 0 Å². The number of anilines is 1. The first kappa shape index (κ1) is 31.5. The molecule has 0 spiro atoms. The van der Waals surface area contributed by atoms with E-state index in [0.717, 1.165) is 29.2 Å². The fourth-order valence-corrected chi connectivity index (χ4v) is 4.34. The van der Waals surface area contributed by atoms with Crippen LogP contribution in [0.4, 0.5) is 40.8 Å². The SMILES string of the molecule is C[C@@H](C[C@@H](F)Cn1ccc2cc(-c3ncc(C[C@H](O)C(F)(F)F)cn3)c(F)cc2c1=O)Nc1cn[nH]c(=O)c1C(F)(F)F. The highest BCUT2D eigenvalue weighted by atomic mass is 19.4. The number of aromatic amines is 1. The maximum absolute atomic E-state index is 15.0. The highest BCUT2D eigenvalue weighted by Crippen LogP contribution is 2.32. The minimum Gasteiger partial charge on any atom is -0.383 e. The van der Waals surface area contributed by atoms with E-state index < -0.39 is 71.8 Å². The van der Waals surface area contributed by atoms with Gasteiger partial charge in [0.2, 0.25) is 0 Å². The molecule has 4 rings (SSSR count). The first-order valence-electron chi connectivity index (χ1n) is 12.5. The summed E-state index contributed by atoms with van der Waals surface area (Å²) in [4.78, 5) is 32.3. The Morgan fingerprint density at radius 2 is 1.74 bits per heavy atom. The maximum atomic E-state index is 15.0. The standard InChI is InChI=1S/C26H22F8N6O3/c1-12(38-19-10-37-39-23(42)21(19)26(32,33)34)4-15(27)11-40-3-2-14-6-17(18(28)7-16(14)24(40)43)22-35-8-13(9-36-22)5-20(41)25(29,30)31/h2-3,6-10,12,15,20,41H,4-5,11H2,1H3,(H2,38,39,42)/t12-,15+,20-/m0/s1. The van der Waals surface area contributed by atoms with Crippen molar-refractivity contribution >= 4 is 16.5 Å². The van der Waals surface area contributed by atoms with Gasteiger partial charge in [0.15, 0.2) is 11.9 Å². The lowest BCUT2D eigenvalue weighted by molar-refractivity contribution is -0.203. The highest BCUT2D eigenvalue weighted by molar-refractivity contribution is 5.86. The van der Waals surface area contributed by atoms with Crippen molar-refractivity contribution in [2.45, 2.75) is 57.0 Å². The van der Waals surface area contributed by atoms with Crippen LogP contribution < -0.4 is 16.4 Å². The fraction of sp³-hybridized carbons (Fsp3) is 0.346. The van der Waals surface area contributed by atoms with E-state index in [-0.39, 0.29) is 34.1 Å². The number of fused-ring (bicyclic) bond motifs is 1. The van der Waals surface area contributed by atoms with Gasteiger partial charge in [-0.1, -0.05) is 0 Å². The summed E-state index contributed by atoms with van der Waals surface area (Å²) in [5, 5.41) is 16.7. The lowest BCUT2D eigenvalue weighted by Gasteiger charge is -2.20. The van der Waals surface area contributed by atoms with Crippen LogP contribution in [0.1, 0.15) is 24.5 Å². The topological polar surface area (TPSA) is 126 Å². The zero-order valence-electron chi connectivity index (χ0n) is 22.0. The van der Waals surface area contributed by atoms with Crippen LogP contribution in [0.3, 0.4) is 0 Å². The second-order valence-corrected chi connectivity index (χ2v) is 9.73. The van der Waals surface area contributed by atoms with Gasteiger partial charge >= 0.3 is 12.4 Å². The summed E-state index contributed by atoms with van der Waals surface area (Å²) >= 11 is 0. The number of H-pyrrole nitrogens is 1. The molecule has 0 aliphatic carbocycles. The van der Waals surface area contributed by atoms with Crippen LogP contribution in [0, 0.1) is 5.82 Å². The molecule has 230 valence electrons. The van der Waals surface area contributed by atoms with Gasteiger partial charge < -0.3 is 15.0 Å². The molecule has 0 amide bonds. The van der Waals surface area contributed by atoms with E-state index in [0.29, 0.717) is 0 Å². The number of nitrogens with zero attached hydrogens (tertiary/aromatic N) is 4. The zero-order chi connectivity index (χ0) is 31.7. The molecule has 0 aliphatic heterocycles. The van der Waals surface area contributed by atoms with Gasteiger partial charge in [0.1, 0.15) is 17.6 Å². The Balaban J connectivity index is 1.48. The van der Waals surface area contributed by atoms with Crippen molar-refractivity contribution in [3.63, 3.8) is 0 Å². The van der Waals surface area contributed by atoms with Crippen molar-refractivity contribution in [2.24, 2.45) is 0 Å². The van der Waals surface area contributed by atoms with Gasteiger partial charge in [0.25, 0.3) is 11.1 Å². The number of nitrogens with one attached hydrogen (secondary N) is 2. The molecule has 1 aromatic carbocycles. The van der Waals surface area contributed by atoms with Gasteiger partial charge in [-0.3, -0.25) is 9.59 Å². The van der Waals surface area contributed by atoms with Gasteiger partial charge in [-0.15, -0.1) is 0 Å². The van der Waals surface area contributed by atoms with Gasteiger partial charge in [0.05, 0.1) is 29.4 Å². The zero-order valence-corrected chi connectivity index (χ0v) is 22.0. The molecule has 0 aliphatic rings. The average Bonchev–Trinajstić information content (AvgIpc) is 2.89. The van der Waals surface area contributed by atoms with Gasteiger partial charge in [-0.25, -0.2) is 23.8 Å². The summed E-state index contributed by atoms with van der Waals surface area (Å²) in [5.41, 5.74) is -4.59. The molecular formula is C26H22F8N6O3. The number of benzene rings is 1. The summed E-state index contributed by atoms with van der Waals surface area (Å²) in [7, 11) is 0. The third-order valence-electron chi connectivity index (χ3n) is 6.36. The molecule has 17 heteroatoms. The molecule has 0 saturated carbocycles. The largest absolute Gasteiger partial charge is 0.423 e. The smallest absolute Gasteiger partial charge is 0.383 e. The van der Waals surface area contributed by atoms with Crippen LogP contribution in [0.15, 0.2) is 52.6 Å². The molecule has 43 heavy (non-hydrogen) atoms. The van der Waals surface area contributed by atoms with Gasteiger partial charge in [0, 0.05) is 37.5 Å². The summed E-state index contributed by atoms with van der Waals surface area (Å²) in [6.45, 7) is 0.860. The number of halogens is 8. The minimum absolute atomic E-state index is 0.0437. The second kappa shape index (κ2) is 12.1. The summed E-state index contributed by atoms with van der Waals surface area (Å²) < 4.78 is 108. The van der Waals surface area contributed by atoms with Gasteiger partial charge in [-0.05, 0) is 36.1 Å². The number of hydrogen-bond donors (Lipinski definition) is 3. The molecule has 0 fully saturated rings. The molecule has 3 heterocycles. The second-order valence-electron chi connectivity index (χ2n) is 9.73. The molecule has 4 aromatic rings. The Labute approximate surface area is 236 Å². The normalized spacial score (nSPS) is 14.5. The number of aliphatic hydroxyl groups excluding tert-OH is 1. The molecule has 3 aromatic heterocycles. The first-order chi connectivity index (χ1) is 20.0. The fourth-order valence-electron chi connectivity index (χ4n) is 4.34. The summed E-state index contributed by atoms with van der Waals surface area (Å²) in [5.74, 6) is -1.13. The van der Waals surface area contributed by atoms with Crippen molar-refractivity contribution in [3.05, 3.63) is 80.6 Å². The Bertz CT molecular complexity index is 1720. The van der Waals surface area contributed by atoms with Crippen molar-refractivity contribution in [2.75, 3.05) is 5.32 Å². The summed E-state index contributed by atoms with van der Waals surface area (Å²) in [6.07, 6.45) is -11.4. The molecule has 0 bridgehead atoms. The quantitative estimate of drug-likeness (QED) is 0.238. The lowest BCUT2D eigenvalue weighted by atomic mass is 10.1. The van der Waals surface area contributed by atoms with Crippen molar-refractivity contribution in [3.8, 4) is 11.4 Å². The number of aromatic nitrogens is 5. The molecule has 0 saturated heterocycles. The van der Waals surface area contributed by atoms with Crippen molar-refractivity contribution < 1.29 is 40.2 Å². The predicted molar refractivity (Wildman–Crippen MR) is 137 cm³/mol. The Morgan fingerprint density at radius 3 is 2.37 bits per heavy atom. The summed E-state index contributed by atoms with van der Waals surface area (Å²) in [6, 6.07) is 2.59. The average molecular weight is 618 g/mol. The third kappa shape index (κ3) is 7.33. The number of hydrogen-bond acceptors (Lipinski definition) is 7. The van der Waals surface area contributed by atoms with E-state index >= 15 is 0 Å². The van der Waals surface area contributed by atoms with Crippen molar-refractivity contribution in [1.82, 2.24) is 24.7 Å². The van der Waals surface area contributed by atoms with E-state index in [1.54, 1.807) is 5.10 Å². The number of rotatable bonds is 9. The van der Waals surface area contributed by atoms with E-state index in [9.17, 15) is 49.8 Å². The van der Waals surface area contributed by atoms with E-state index in [1.165, 1.54) is 25.3 Å². The minimum atomic E-state index is -4.99. The lowest BCUT2D eigenvalue weighted by Crippen LogP contribution is -2.30. The Hall–Kier alpha value is -4.41. The molecule has 9 nitrogen and oxygen atoms in total. The van der Waals surface area contributed by atoms with E-state index in [2.05, 4.69) is 20.4 Å². The van der Waals surface area contributed by atoms with E-state index in [4.69, 9.17) is 0 Å². The Morgan fingerprint density at radius 1 is 1.07 bits per heavy atom. The van der Waals surface area contributed by atoms with Crippen LogP contribution in [-0.4, -0.2) is 54.3 Å². The molecule has 3 N–H and O–H groups in total. The molecule has 0 radical (unpaired) electrons. The highest BCUT2D eigenvalue weighted by Gasteiger charge is 2.38. The van der Waals surface area contributed by atoms with E-state index in [1.807, 2.05) is 0 Å². The maximum Gasteiger partial charge on any atom is 0.423 e. The molecular weight excluding hydrogens is 596 g/mol. The number of alkyl halides is 7. The van der Waals surface area contributed by atoms with Gasteiger partial charge in [-0.2, -0.15) is 31.4 Å². The third-order valence-corrected chi connectivity index (χ3v) is 6.36. The Kier molecular flexibility index (Phi) is 8.84. The first-order valence-corrected chi connectivity index (χ1v) is 12.5. The number of aliphatic hydroxyl groups is 1. The van der Waals surface area contributed by atoms with Crippen LogP contribution in [0.2, 0.25) is 0 Å². The van der Waals surface area contributed by atoms with Crippen LogP contribution in [0.25, 0.3) is 22.2 Å². The monoisotopic (exact) mass is 618 g/mol. The number of pyridine rings is 1.